The molecule has 8 heteroatoms. The van der Waals surface area contributed by atoms with Gasteiger partial charge >= 0.3 is 0 Å². The molecule has 3 rings (SSSR count). The molecule has 1 N–H and O–H groups in total. The lowest BCUT2D eigenvalue weighted by molar-refractivity contribution is 0.0988. The number of benzene rings is 1. The van der Waals surface area contributed by atoms with Gasteiger partial charge in [0.15, 0.2) is 0 Å². The van der Waals surface area contributed by atoms with Crippen LogP contribution in [-0.4, -0.2) is 36.9 Å². The van der Waals surface area contributed by atoms with E-state index < -0.39 is 15.9 Å². The lowest BCUT2D eigenvalue weighted by Crippen LogP contribution is -2.31. The fourth-order valence-corrected chi connectivity index (χ4v) is 4.32. The quantitative estimate of drug-likeness (QED) is 0.902. The predicted octanol–water partition coefficient (Wildman–Crippen LogP) is 2.80. The third-order valence-corrected chi connectivity index (χ3v) is 6.08. The Morgan fingerprint density at radius 1 is 1.12 bits per heavy atom. The number of nitrogens with zero attached hydrogens (tertiary/aromatic N) is 2. The Morgan fingerprint density at radius 3 is 2.32 bits per heavy atom. The number of anilines is 1. The van der Waals surface area contributed by atoms with Crippen molar-refractivity contribution in [2.24, 2.45) is 0 Å². The molecule has 7 nitrogen and oxygen atoms in total. The average Bonchev–Trinajstić information content (AvgIpc) is 2.85. The van der Waals surface area contributed by atoms with Gasteiger partial charge in [-0.25, -0.2) is 8.42 Å². The number of carbonyl (C=O) groups excluding carboxylic acids is 1. The molecule has 134 valence electrons. The summed E-state index contributed by atoms with van der Waals surface area (Å²) in [6.45, 7) is 2.85. The molecule has 2 heterocycles. The molecular formula is C17H21N3O4S. The molecule has 1 aromatic carbocycles. The van der Waals surface area contributed by atoms with Crippen molar-refractivity contribution < 1.29 is 17.7 Å². The third-order valence-electron chi connectivity index (χ3n) is 4.17. The maximum absolute atomic E-state index is 12.7. The molecule has 0 saturated carbocycles. The fraction of sp³-hybridized carbons (Fsp3) is 0.412. The van der Waals surface area contributed by atoms with Crippen LogP contribution in [0.2, 0.25) is 0 Å². The van der Waals surface area contributed by atoms with Crippen LogP contribution in [-0.2, 0) is 10.0 Å². The largest absolute Gasteiger partial charge is 0.351 e. The number of hydrogen-bond acceptors (Lipinski definition) is 5. The minimum Gasteiger partial charge on any atom is -0.351 e. The Kier molecular flexibility index (Phi) is 5.19. The van der Waals surface area contributed by atoms with E-state index >= 15 is 0 Å². The number of carbonyl (C=O) groups is 1. The second kappa shape index (κ2) is 7.37. The van der Waals surface area contributed by atoms with Crippen LogP contribution in [0, 0.1) is 6.92 Å². The van der Waals surface area contributed by atoms with Gasteiger partial charge in [0.1, 0.15) is 0 Å². The lowest BCUT2D eigenvalue weighted by atomic mass is 10.2. The van der Waals surface area contributed by atoms with Crippen molar-refractivity contribution >= 4 is 21.6 Å². The van der Waals surface area contributed by atoms with E-state index in [0.29, 0.717) is 24.5 Å². The van der Waals surface area contributed by atoms with Gasteiger partial charge in [-0.3, -0.25) is 4.79 Å². The summed E-state index contributed by atoms with van der Waals surface area (Å²) >= 11 is 0. The minimum absolute atomic E-state index is 0.110. The zero-order chi connectivity index (χ0) is 17.9. The Hall–Kier alpha value is -2.19. The predicted molar refractivity (Wildman–Crippen MR) is 92.9 cm³/mol. The molecule has 0 unspecified atom stereocenters. The van der Waals surface area contributed by atoms with Crippen LogP contribution < -0.4 is 5.32 Å². The minimum atomic E-state index is -3.49. The summed E-state index contributed by atoms with van der Waals surface area (Å²) in [6.07, 6.45) is 3.92. The summed E-state index contributed by atoms with van der Waals surface area (Å²) in [7, 11) is -3.49. The van der Waals surface area contributed by atoms with Crippen LogP contribution in [0.1, 0.15) is 41.9 Å². The van der Waals surface area contributed by atoms with E-state index in [9.17, 15) is 13.2 Å². The van der Waals surface area contributed by atoms with Crippen molar-refractivity contribution in [3.8, 4) is 0 Å². The van der Waals surface area contributed by atoms with Crippen LogP contribution in [0.4, 0.5) is 5.69 Å². The summed E-state index contributed by atoms with van der Waals surface area (Å²) < 4.78 is 31.9. The first kappa shape index (κ1) is 17.6. The van der Waals surface area contributed by atoms with Crippen LogP contribution in [0.5, 0.6) is 0 Å². The maximum Gasteiger partial charge on any atom is 0.294 e. The summed E-state index contributed by atoms with van der Waals surface area (Å²) in [4.78, 5) is 12.3. The highest BCUT2D eigenvalue weighted by Gasteiger charge is 2.25. The second-order valence-electron chi connectivity index (χ2n) is 6.13. The lowest BCUT2D eigenvalue weighted by Gasteiger charge is -2.20. The van der Waals surface area contributed by atoms with Crippen molar-refractivity contribution in [2.45, 2.75) is 37.5 Å². The summed E-state index contributed by atoms with van der Waals surface area (Å²) in [5, 5.41) is 6.32. The molecule has 1 fully saturated rings. The van der Waals surface area contributed by atoms with Gasteiger partial charge < -0.3 is 9.84 Å². The standard InChI is InChI=1S/C17H21N3O4S/c1-13-12-16(24-19-13)17(21)18-14-6-8-15(9-7-14)25(22,23)20-10-4-2-3-5-11-20/h6-9,12H,2-5,10-11H2,1H3,(H,18,21). The molecule has 0 atom stereocenters. The van der Waals surface area contributed by atoms with E-state index in [1.54, 1.807) is 23.4 Å². The van der Waals surface area contributed by atoms with Crippen LogP contribution in [0.3, 0.4) is 0 Å². The van der Waals surface area contributed by atoms with Gasteiger partial charge in [-0.2, -0.15) is 4.31 Å². The van der Waals surface area contributed by atoms with Crippen molar-refractivity contribution in [1.29, 1.82) is 0 Å². The van der Waals surface area contributed by atoms with E-state index in [-0.39, 0.29) is 10.7 Å². The Labute approximate surface area is 147 Å². The van der Waals surface area contributed by atoms with Gasteiger partial charge in [0.2, 0.25) is 15.8 Å². The van der Waals surface area contributed by atoms with Gasteiger partial charge in [-0.05, 0) is 44.0 Å². The number of hydrogen-bond donors (Lipinski definition) is 1. The van der Waals surface area contributed by atoms with Gasteiger partial charge in [0.05, 0.1) is 10.6 Å². The van der Waals surface area contributed by atoms with Gasteiger partial charge in [0, 0.05) is 24.8 Å². The molecule has 1 saturated heterocycles. The molecule has 25 heavy (non-hydrogen) atoms. The molecule has 1 aromatic heterocycles. The van der Waals surface area contributed by atoms with Crippen molar-refractivity contribution in [2.75, 3.05) is 18.4 Å². The van der Waals surface area contributed by atoms with Gasteiger partial charge in [-0.1, -0.05) is 18.0 Å². The number of aryl methyl sites for hydroxylation is 1. The SMILES string of the molecule is Cc1cc(C(=O)Nc2ccc(S(=O)(=O)N3CCCCCC3)cc2)on1. The fourth-order valence-electron chi connectivity index (χ4n) is 2.80. The molecule has 1 amide bonds. The molecule has 1 aliphatic rings. The van der Waals surface area contributed by atoms with Crippen molar-refractivity contribution in [3.05, 3.63) is 41.8 Å². The summed E-state index contributed by atoms with van der Waals surface area (Å²) in [5.74, 6) is -0.317. The first-order valence-electron chi connectivity index (χ1n) is 8.32. The zero-order valence-corrected chi connectivity index (χ0v) is 14.9. The highest BCUT2D eigenvalue weighted by atomic mass is 32.2. The number of amides is 1. The van der Waals surface area contributed by atoms with Gasteiger partial charge in [-0.15, -0.1) is 0 Å². The molecular weight excluding hydrogens is 342 g/mol. The topological polar surface area (TPSA) is 92.5 Å². The normalized spacial score (nSPS) is 16.4. The number of nitrogens with one attached hydrogen (secondary N) is 1. The smallest absolute Gasteiger partial charge is 0.294 e. The maximum atomic E-state index is 12.7. The van der Waals surface area contributed by atoms with E-state index in [4.69, 9.17) is 4.52 Å². The van der Waals surface area contributed by atoms with Crippen molar-refractivity contribution in [1.82, 2.24) is 9.46 Å². The van der Waals surface area contributed by atoms with E-state index in [1.807, 2.05) is 0 Å². The summed E-state index contributed by atoms with van der Waals surface area (Å²) in [6, 6.07) is 7.72. The third kappa shape index (κ3) is 4.08. The Bertz CT molecular complexity index is 835. The number of aromatic nitrogens is 1. The average molecular weight is 363 g/mol. The molecule has 0 spiro atoms. The molecule has 2 aromatic rings. The van der Waals surface area contributed by atoms with Crippen LogP contribution in [0.25, 0.3) is 0 Å². The Morgan fingerprint density at radius 2 is 1.76 bits per heavy atom. The zero-order valence-electron chi connectivity index (χ0n) is 14.1. The second-order valence-corrected chi connectivity index (χ2v) is 8.07. The monoisotopic (exact) mass is 363 g/mol. The van der Waals surface area contributed by atoms with E-state index in [2.05, 4.69) is 10.5 Å². The Balaban J connectivity index is 1.72. The molecule has 0 radical (unpaired) electrons. The number of sulfonamides is 1. The van der Waals surface area contributed by atoms with E-state index in [1.165, 1.54) is 18.2 Å². The van der Waals surface area contributed by atoms with Crippen LogP contribution >= 0.6 is 0 Å². The first-order valence-corrected chi connectivity index (χ1v) is 9.76. The molecule has 0 bridgehead atoms. The molecule has 1 aliphatic heterocycles. The first-order chi connectivity index (χ1) is 12.0. The van der Waals surface area contributed by atoms with Gasteiger partial charge in [0.25, 0.3) is 5.91 Å². The molecule has 0 aliphatic carbocycles. The van der Waals surface area contributed by atoms with E-state index in [0.717, 1.165) is 25.7 Å². The highest BCUT2D eigenvalue weighted by Crippen LogP contribution is 2.22. The van der Waals surface area contributed by atoms with Crippen molar-refractivity contribution in [3.63, 3.8) is 0 Å². The highest BCUT2D eigenvalue weighted by molar-refractivity contribution is 7.89. The summed E-state index contributed by atoms with van der Waals surface area (Å²) in [5.41, 5.74) is 1.11. The van der Waals surface area contributed by atoms with Crippen LogP contribution in [0.15, 0.2) is 39.8 Å². The number of rotatable bonds is 4.